The summed E-state index contributed by atoms with van der Waals surface area (Å²) in [6.07, 6.45) is 3.59. The van der Waals surface area contributed by atoms with Crippen molar-refractivity contribution in [2.45, 2.75) is 24.6 Å². The highest BCUT2D eigenvalue weighted by Crippen LogP contribution is 2.26. The number of hydrogen-bond acceptors (Lipinski definition) is 6. The lowest BCUT2D eigenvalue weighted by Gasteiger charge is -2.14. The lowest BCUT2D eigenvalue weighted by Crippen LogP contribution is -2.11. The molecule has 0 bridgehead atoms. The van der Waals surface area contributed by atoms with Gasteiger partial charge in [0.25, 0.3) is 0 Å². The standard InChI is InChI=1S/C16H18N2O4S/c1-11(15(19)20)13-5-3-4-6-14(13)22-10-21-9-12-7-8-17-16(18-12)23-2/h3-8,11H,9-10H2,1-2H3,(H,19,20). The van der Waals surface area contributed by atoms with E-state index in [-0.39, 0.29) is 6.79 Å². The number of para-hydroxylation sites is 1. The largest absolute Gasteiger partial charge is 0.481 e. The highest BCUT2D eigenvalue weighted by molar-refractivity contribution is 7.98. The molecule has 1 N–H and O–H groups in total. The van der Waals surface area contributed by atoms with Crippen LogP contribution in [-0.4, -0.2) is 34.1 Å². The van der Waals surface area contributed by atoms with Crippen molar-refractivity contribution >= 4 is 17.7 Å². The van der Waals surface area contributed by atoms with Gasteiger partial charge in [0.05, 0.1) is 18.2 Å². The predicted octanol–water partition coefficient (Wildman–Crippen LogP) is 2.94. The average Bonchev–Trinajstić information content (AvgIpc) is 2.58. The molecule has 0 saturated carbocycles. The van der Waals surface area contributed by atoms with Gasteiger partial charge in [0.2, 0.25) is 0 Å². The van der Waals surface area contributed by atoms with Crippen LogP contribution in [0, 0.1) is 0 Å². The number of hydrogen-bond donors (Lipinski definition) is 1. The topological polar surface area (TPSA) is 81.5 Å². The monoisotopic (exact) mass is 334 g/mol. The van der Waals surface area contributed by atoms with Crippen LogP contribution in [-0.2, 0) is 16.1 Å². The van der Waals surface area contributed by atoms with Crippen LogP contribution < -0.4 is 4.74 Å². The number of carboxylic acid groups (broad SMARTS) is 1. The first kappa shape index (κ1) is 17.2. The van der Waals surface area contributed by atoms with Gasteiger partial charge >= 0.3 is 5.97 Å². The van der Waals surface area contributed by atoms with E-state index < -0.39 is 11.9 Å². The first-order valence-corrected chi connectivity index (χ1v) is 8.22. The summed E-state index contributed by atoms with van der Waals surface area (Å²) in [7, 11) is 0. The average molecular weight is 334 g/mol. The van der Waals surface area contributed by atoms with Crippen molar-refractivity contribution in [3.8, 4) is 5.75 Å². The highest BCUT2D eigenvalue weighted by Gasteiger charge is 2.17. The molecule has 23 heavy (non-hydrogen) atoms. The van der Waals surface area contributed by atoms with Gasteiger partial charge in [-0.15, -0.1) is 0 Å². The molecule has 1 atom stereocenters. The van der Waals surface area contributed by atoms with Crippen molar-refractivity contribution in [3.63, 3.8) is 0 Å². The molecule has 0 saturated heterocycles. The first-order valence-electron chi connectivity index (χ1n) is 7.00. The summed E-state index contributed by atoms with van der Waals surface area (Å²) in [5, 5.41) is 9.81. The Morgan fingerprint density at radius 1 is 1.35 bits per heavy atom. The molecule has 1 aromatic heterocycles. The molecule has 2 aromatic rings. The van der Waals surface area contributed by atoms with Crippen LogP contribution in [0.4, 0.5) is 0 Å². The van der Waals surface area contributed by atoms with Gasteiger partial charge in [0, 0.05) is 11.8 Å². The third-order valence-electron chi connectivity index (χ3n) is 3.18. The second-order valence-electron chi connectivity index (χ2n) is 4.74. The zero-order valence-corrected chi connectivity index (χ0v) is 13.7. The molecular formula is C16H18N2O4S. The Labute approximate surface area is 138 Å². The Balaban J connectivity index is 1.90. The van der Waals surface area contributed by atoms with Gasteiger partial charge in [-0.1, -0.05) is 30.0 Å². The number of aromatic nitrogens is 2. The van der Waals surface area contributed by atoms with E-state index in [4.69, 9.17) is 14.6 Å². The fourth-order valence-corrected chi connectivity index (χ4v) is 2.28. The number of ether oxygens (including phenoxy) is 2. The Morgan fingerprint density at radius 2 is 2.13 bits per heavy atom. The minimum absolute atomic E-state index is 0.0158. The number of benzene rings is 1. The number of carboxylic acids is 1. The maximum absolute atomic E-state index is 11.1. The van der Waals surface area contributed by atoms with E-state index in [1.54, 1.807) is 43.5 Å². The molecule has 0 radical (unpaired) electrons. The molecule has 6 nitrogen and oxygen atoms in total. The summed E-state index contributed by atoms with van der Waals surface area (Å²) in [5.41, 5.74) is 1.38. The Kier molecular flexibility index (Phi) is 6.37. The molecule has 1 unspecified atom stereocenters. The summed E-state index contributed by atoms with van der Waals surface area (Å²) in [5.74, 6) is -1.03. The van der Waals surface area contributed by atoms with Crippen LogP contribution in [0.3, 0.4) is 0 Å². The van der Waals surface area contributed by atoms with Crippen molar-refractivity contribution in [1.29, 1.82) is 0 Å². The van der Waals surface area contributed by atoms with Gasteiger partial charge in [0.1, 0.15) is 5.75 Å². The van der Waals surface area contributed by atoms with Gasteiger partial charge in [-0.05, 0) is 25.3 Å². The van der Waals surface area contributed by atoms with E-state index in [0.717, 1.165) is 5.69 Å². The van der Waals surface area contributed by atoms with Crippen molar-refractivity contribution in [2.75, 3.05) is 13.0 Å². The second-order valence-corrected chi connectivity index (χ2v) is 5.52. The minimum atomic E-state index is -0.896. The third kappa shape index (κ3) is 4.94. The Morgan fingerprint density at radius 3 is 2.87 bits per heavy atom. The molecule has 0 fully saturated rings. The third-order valence-corrected chi connectivity index (χ3v) is 3.74. The zero-order valence-electron chi connectivity index (χ0n) is 12.9. The van der Waals surface area contributed by atoms with Crippen LogP contribution >= 0.6 is 11.8 Å². The predicted molar refractivity (Wildman–Crippen MR) is 86.6 cm³/mol. The summed E-state index contributed by atoms with van der Waals surface area (Å²) < 4.78 is 11.0. The van der Waals surface area contributed by atoms with Crippen LogP contribution in [0.25, 0.3) is 0 Å². The lowest BCUT2D eigenvalue weighted by atomic mass is 10.0. The van der Waals surface area contributed by atoms with Gasteiger partial charge in [-0.2, -0.15) is 0 Å². The van der Waals surface area contributed by atoms with Crippen LogP contribution in [0.1, 0.15) is 24.1 Å². The molecule has 0 aliphatic rings. The molecular weight excluding hydrogens is 316 g/mol. The summed E-state index contributed by atoms with van der Waals surface area (Å²) in [6, 6.07) is 8.83. The van der Waals surface area contributed by atoms with E-state index >= 15 is 0 Å². The number of aliphatic carboxylic acids is 1. The number of nitrogens with zero attached hydrogens (tertiary/aromatic N) is 2. The van der Waals surface area contributed by atoms with E-state index in [9.17, 15) is 4.79 Å². The quantitative estimate of drug-likeness (QED) is 0.344. The maximum Gasteiger partial charge on any atom is 0.310 e. The number of rotatable bonds is 8. The lowest BCUT2D eigenvalue weighted by molar-refractivity contribution is -0.138. The van der Waals surface area contributed by atoms with Crippen LogP contribution in [0.15, 0.2) is 41.7 Å². The van der Waals surface area contributed by atoms with Gasteiger partial charge in [0.15, 0.2) is 11.9 Å². The summed E-state index contributed by atoms with van der Waals surface area (Å²) in [6.45, 7) is 1.94. The molecule has 122 valence electrons. The molecule has 1 aromatic carbocycles. The van der Waals surface area contributed by atoms with Crippen LogP contribution in [0.2, 0.25) is 0 Å². The van der Waals surface area contributed by atoms with Crippen molar-refractivity contribution < 1.29 is 19.4 Å². The molecule has 0 spiro atoms. The highest BCUT2D eigenvalue weighted by atomic mass is 32.2. The molecule has 0 aliphatic heterocycles. The van der Waals surface area contributed by atoms with Crippen molar-refractivity contribution in [2.24, 2.45) is 0 Å². The molecule has 1 heterocycles. The normalized spacial score (nSPS) is 11.9. The number of carbonyl (C=O) groups is 1. The summed E-state index contributed by atoms with van der Waals surface area (Å²) in [4.78, 5) is 19.5. The van der Waals surface area contributed by atoms with Crippen molar-refractivity contribution in [1.82, 2.24) is 9.97 Å². The number of thioether (sulfide) groups is 1. The SMILES string of the molecule is CSc1nccc(COCOc2ccccc2C(C)C(=O)O)n1. The fourth-order valence-electron chi connectivity index (χ4n) is 1.91. The van der Waals surface area contributed by atoms with E-state index in [0.29, 0.717) is 23.1 Å². The van der Waals surface area contributed by atoms with Crippen molar-refractivity contribution in [3.05, 3.63) is 47.8 Å². The molecule has 2 rings (SSSR count). The minimum Gasteiger partial charge on any atom is -0.481 e. The van der Waals surface area contributed by atoms with Gasteiger partial charge in [-0.25, -0.2) is 9.97 Å². The van der Waals surface area contributed by atoms with Crippen LogP contribution in [0.5, 0.6) is 5.75 Å². The molecule has 0 amide bonds. The van der Waals surface area contributed by atoms with E-state index in [1.165, 1.54) is 11.8 Å². The Bertz CT molecular complexity index is 666. The second kappa shape index (κ2) is 8.50. The van der Waals surface area contributed by atoms with Gasteiger partial charge < -0.3 is 14.6 Å². The first-order chi connectivity index (χ1) is 11.1. The summed E-state index contributed by atoms with van der Waals surface area (Å²) >= 11 is 1.46. The van der Waals surface area contributed by atoms with E-state index in [1.807, 2.05) is 6.26 Å². The Hall–Kier alpha value is -2.12. The van der Waals surface area contributed by atoms with E-state index in [2.05, 4.69) is 9.97 Å². The smallest absolute Gasteiger partial charge is 0.310 e. The maximum atomic E-state index is 11.1. The zero-order chi connectivity index (χ0) is 16.7. The fraction of sp³-hybridized carbons (Fsp3) is 0.312. The molecule has 7 heteroatoms. The van der Waals surface area contributed by atoms with Gasteiger partial charge in [-0.3, -0.25) is 4.79 Å². The molecule has 0 aliphatic carbocycles.